The first-order chi connectivity index (χ1) is 7.97. The van der Waals surface area contributed by atoms with Crippen LogP contribution >= 0.6 is 0 Å². The van der Waals surface area contributed by atoms with Gasteiger partial charge in [-0.1, -0.05) is 13.8 Å². The topological polar surface area (TPSA) is 51.2 Å². The number of hydrogen-bond acceptors (Lipinski definition) is 3. The second-order valence-corrected chi connectivity index (χ2v) is 5.41. The van der Waals surface area contributed by atoms with Crippen molar-refractivity contribution in [2.75, 3.05) is 0 Å². The van der Waals surface area contributed by atoms with Crippen LogP contribution in [-0.2, 0) is 14.4 Å². The summed E-state index contributed by atoms with van der Waals surface area (Å²) in [6, 6.07) is 0. The molecule has 0 aromatic carbocycles. The molecule has 0 aromatic heterocycles. The van der Waals surface area contributed by atoms with Crippen LogP contribution in [0.3, 0.4) is 0 Å². The molecule has 1 aliphatic rings. The van der Waals surface area contributed by atoms with E-state index in [1.165, 1.54) is 0 Å². The quantitative estimate of drug-likeness (QED) is 0.691. The summed E-state index contributed by atoms with van der Waals surface area (Å²) in [5.74, 6) is 0.340. The summed E-state index contributed by atoms with van der Waals surface area (Å²) in [4.78, 5) is 34.1. The Kier molecular flexibility index (Phi) is 5.03. The fourth-order valence-corrected chi connectivity index (χ4v) is 2.74. The molecule has 0 amide bonds. The lowest BCUT2D eigenvalue weighted by atomic mass is 9.68. The minimum atomic E-state index is -0.185. The molecule has 1 fully saturated rings. The first kappa shape index (κ1) is 14.1. The molecule has 0 N–H and O–H groups in total. The highest BCUT2D eigenvalue weighted by Gasteiger charge is 2.37. The van der Waals surface area contributed by atoms with Crippen LogP contribution in [-0.4, -0.2) is 17.9 Å². The Hall–Kier alpha value is -0.990. The van der Waals surface area contributed by atoms with Gasteiger partial charge in [0.05, 0.1) is 0 Å². The molecule has 17 heavy (non-hydrogen) atoms. The third-order valence-corrected chi connectivity index (χ3v) is 4.01. The molecule has 0 heterocycles. The number of aldehydes is 1. The van der Waals surface area contributed by atoms with Gasteiger partial charge in [-0.15, -0.1) is 0 Å². The summed E-state index contributed by atoms with van der Waals surface area (Å²) < 4.78 is 0. The number of Topliss-reactive ketones (excluding diaryl/α,β-unsaturated/α-hetero) is 2. The molecule has 0 bridgehead atoms. The molecule has 0 saturated heterocycles. The summed E-state index contributed by atoms with van der Waals surface area (Å²) in [5.41, 5.74) is 0. The van der Waals surface area contributed by atoms with E-state index >= 15 is 0 Å². The number of carbonyl (C=O) groups excluding carboxylic acids is 3. The molecular weight excluding hydrogens is 216 g/mol. The van der Waals surface area contributed by atoms with Gasteiger partial charge < -0.3 is 9.59 Å². The zero-order chi connectivity index (χ0) is 13.0. The predicted octanol–water partition coefficient (Wildman–Crippen LogP) is 2.42. The Morgan fingerprint density at radius 2 is 2.12 bits per heavy atom. The fourth-order valence-electron chi connectivity index (χ4n) is 2.74. The summed E-state index contributed by atoms with van der Waals surface area (Å²) in [6.45, 7) is 5.45. The normalized spacial score (nSPS) is 31.0. The van der Waals surface area contributed by atoms with Gasteiger partial charge in [-0.25, -0.2) is 0 Å². The lowest BCUT2D eigenvalue weighted by Gasteiger charge is -2.34. The molecule has 3 heteroatoms. The molecule has 1 saturated carbocycles. The highest BCUT2D eigenvalue weighted by molar-refractivity contribution is 5.87. The minimum Gasteiger partial charge on any atom is -0.303 e. The van der Waals surface area contributed by atoms with Gasteiger partial charge in [-0.05, 0) is 32.1 Å². The van der Waals surface area contributed by atoms with Gasteiger partial charge in [0.2, 0.25) is 0 Å². The van der Waals surface area contributed by atoms with Crippen molar-refractivity contribution in [2.24, 2.45) is 23.7 Å². The average Bonchev–Trinajstić information content (AvgIpc) is 2.27. The maximum atomic E-state index is 12.3. The standard InChI is InChI=1S/C14H22O3/c1-9-4-6-13(10(2)8-15)14(17)12(9)7-5-11(3)16/h8-10,12-13H,4-7H2,1-3H3/t9-,10-,12+,13?/m0/s1. The Balaban J connectivity index is 2.69. The molecule has 1 unspecified atom stereocenters. The Morgan fingerprint density at radius 3 is 2.65 bits per heavy atom. The maximum Gasteiger partial charge on any atom is 0.140 e. The van der Waals surface area contributed by atoms with E-state index in [0.717, 1.165) is 19.1 Å². The summed E-state index contributed by atoms with van der Waals surface area (Å²) in [7, 11) is 0. The van der Waals surface area contributed by atoms with E-state index in [2.05, 4.69) is 6.92 Å². The van der Waals surface area contributed by atoms with Gasteiger partial charge in [-0.2, -0.15) is 0 Å². The molecule has 1 rings (SSSR count). The SMILES string of the molecule is CC(=O)CC[C@H]1C(=O)C([C@@H](C)C=O)CC[C@@H]1C. The smallest absolute Gasteiger partial charge is 0.140 e. The van der Waals surface area contributed by atoms with Crippen LogP contribution in [0.4, 0.5) is 0 Å². The number of ketones is 2. The van der Waals surface area contributed by atoms with Gasteiger partial charge in [0.1, 0.15) is 17.9 Å². The third kappa shape index (κ3) is 3.48. The van der Waals surface area contributed by atoms with Crippen LogP contribution in [0.2, 0.25) is 0 Å². The first-order valence-electron chi connectivity index (χ1n) is 6.45. The van der Waals surface area contributed by atoms with Crippen molar-refractivity contribution >= 4 is 17.9 Å². The number of rotatable bonds is 5. The van der Waals surface area contributed by atoms with Crippen molar-refractivity contribution in [2.45, 2.75) is 46.5 Å². The summed E-state index contributed by atoms with van der Waals surface area (Å²) in [5, 5.41) is 0. The zero-order valence-electron chi connectivity index (χ0n) is 10.9. The molecule has 3 nitrogen and oxygen atoms in total. The molecule has 0 aromatic rings. The van der Waals surface area contributed by atoms with E-state index in [-0.39, 0.29) is 29.3 Å². The molecule has 0 spiro atoms. The minimum absolute atomic E-state index is 0.0277. The second-order valence-electron chi connectivity index (χ2n) is 5.41. The summed E-state index contributed by atoms with van der Waals surface area (Å²) >= 11 is 0. The molecular formula is C14H22O3. The molecule has 0 aliphatic heterocycles. The molecule has 96 valence electrons. The lowest BCUT2D eigenvalue weighted by Crippen LogP contribution is -2.37. The highest BCUT2D eigenvalue weighted by atomic mass is 16.1. The van der Waals surface area contributed by atoms with Crippen molar-refractivity contribution in [1.82, 2.24) is 0 Å². The zero-order valence-corrected chi connectivity index (χ0v) is 10.9. The van der Waals surface area contributed by atoms with Gasteiger partial charge >= 0.3 is 0 Å². The Morgan fingerprint density at radius 1 is 1.47 bits per heavy atom. The average molecular weight is 238 g/mol. The molecule has 4 atom stereocenters. The number of carbonyl (C=O) groups is 3. The van der Waals surface area contributed by atoms with Gasteiger partial charge in [0.15, 0.2) is 0 Å². The highest BCUT2D eigenvalue weighted by Crippen LogP contribution is 2.36. The van der Waals surface area contributed by atoms with Crippen molar-refractivity contribution in [3.63, 3.8) is 0 Å². The van der Waals surface area contributed by atoms with E-state index < -0.39 is 0 Å². The lowest BCUT2D eigenvalue weighted by molar-refractivity contribution is -0.135. The number of hydrogen-bond donors (Lipinski definition) is 0. The van der Waals surface area contributed by atoms with E-state index in [4.69, 9.17) is 0 Å². The molecule has 1 aliphatic carbocycles. The largest absolute Gasteiger partial charge is 0.303 e. The second kappa shape index (κ2) is 6.08. The first-order valence-corrected chi connectivity index (χ1v) is 6.45. The fraction of sp³-hybridized carbons (Fsp3) is 0.786. The van der Waals surface area contributed by atoms with Crippen LogP contribution in [0.5, 0.6) is 0 Å². The van der Waals surface area contributed by atoms with Gasteiger partial charge in [0, 0.05) is 24.2 Å². The van der Waals surface area contributed by atoms with E-state index in [1.807, 2.05) is 6.92 Å². The van der Waals surface area contributed by atoms with Gasteiger partial charge in [0.25, 0.3) is 0 Å². The van der Waals surface area contributed by atoms with Crippen LogP contribution in [0.25, 0.3) is 0 Å². The molecule has 0 radical (unpaired) electrons. The van der Waals surface area contributed by atoms with Crippen LogP contribution in [0, 0.1) is 23.7 Å². The van der Waals surface area contributed by atoms with Crippen LogP contribution in [0.15, 0.2) is 0 Å². The maximum absolute atomic E-state index is 12.3. The van der Waals surface area contributed by atoms with Crippen molar-refractivity contribution in [3.8, 4) is 0 Å². The van der Waals surface area contributed by atoms with Crippen LogP contribution in [0.1, 0.15) is 46.5 Å². The Bertz CT molecular complexity index is 309. The van der Waals surface area contributed by atoms with E-state index in [1.54, 1.807) is 6.92 Å². The Labute approximate surface area is 103 Å². The van der Waals surface area contributed by atoms with Crippen LogP contribution < -0.4 is 0 Å². The van der Waals surface area contributed by atoms with Crippen molar-refractivity contribution < 1.29 is 14.4 Å². The van der Waals surface area contributed by atoms with Crippen molar-refractivity contribution in [3.05, 3.63) is 0 Å². The predicted molar refractivity (Wildman–Crippen MR) is 65.5 cm³/mol. The third-order valence-electron chi connectivity index (χ3n) is 4.01. The van der Waals surface area contributed by atoms with Gasteiger partial charge in [-0.3, -0.25) is 4.79 Å². The van der Waals surface area contributed by atoms with Crippen molar-refractivity contribution in [1.29, 1.82) is 0 Å². The monoisotopic (exact) mass is 238 g/mol. The van der Waals surface area contributed by atoms with E-state index in [0.29, 0.717) is 18.8 Å². The van der Waals surface area contributed by atoms with E-state index in [9.17, 15) is 14.4 Å². The summed E-state index contributed by atoms with van der Waals surface area (Å²) in [6.07, 6.45) is 3.80.